The molecule has 0 aromatic heterocycles. The number of esters is 1. The van der Waals surface area contributed by atoms with Crippen LogP contribution < -0.4 is 0 Å². The first-order valence-corrected chi connectivity index (χ1v) is 12.2. The molecular formula is C22H19Cl3O2. The summed E-state index contributed by atoms with van der Waals surface area (Å²) in [5, 5.41) is 0. The summed E-state index contributed by atoms with van der Waals surface area (Å²) in [5.41, 5.74) is -0.381. The summed E-state index contributed by atoms with van der Waals surface area (Å²) in [6.45, 7) is 0. The fourth-order valence-corrected chi connectivity index (χ4v) is 18.4. The van der Waals surface area contributed by atoms with Gasteiger partial charge in [-0.05, 0) is 94.7 Å². The Kier molecular flexibility index (Phi) is 1.46. The maximum atomic E-state index is 13.7. The topological polar surface area (TPSA) is 26.3 Å². The first-order valence-electron chi connectivity index (χ1n) is 11.1. The molecular weight excluding hydrogens is 403 g/mol. The van der Waals surface area contributed by atoms with Gasteiger partial charge in [0.25, 0.3) is 0 Å². The smallest absolute Gasteiger partial charge is 0.314 e. The molecule has 12 aliphatic rings. The van der Waals surface area contributed by atoms with Gasteiger partial charge in [0.1, 0.15) is 0 Å². The molecule has 0 spiro atoms. The lowest BCUT2D eigenvalue weighted by Gasteiger charge is -2.45. The minimum Gasteiger partial charge on any atom is -0.469 e. The Balaban J connectivity index is 1.42. The number of methoxy groups -OCH3 is 1. The van der Waals surface area contributed by atoms with Crippen molar-refractivity contribution in [3.8, 4) is 0 Å². The van der Waals surface area contributed by atoms with E-state index in [1.54, 1.807) is 7.11 Å². The Morgan fingerprint density at radius 2 is 0.889 bits per heavy atom. The number of rotatable bonds is 1. The Morgan fingerprint density at radius 3 is 1.22 bits per heavy atom. The van der Waals surface area contributed by atoms with E-state index >= 15 is 0 Å². The molecule has 0 bridgehead atoms. The Bertz CT molecular complexity index is 944. The van der Waals surface area contributed by atoms with Crippen LogP contribution in [0.1, 0.15) is 0 Å². The number of halogens is 3. The average Bonchev–Trinajstić information content (AvgIpc) is 3.39. The van der Waals surface area contributed by atoms with Crippen LogP contribution in [0.25, 0.3) is 0 Å². The minimum absolute atomic E-state index is 0.0652. The van der Waals surface area contributed by atoms with Gasteiger partial charge in [0.2, 0.25) is 0 Å². The molecule has 2 nitrogen and oxygen atoms in total. The van der Waals surface area contributed by atoms with E-state index in [-0.39, 0.29) is 26.0 Å². The maximum Gasteiger partial charge on any atom is 0.314 e. The largest absolute Gasteiger partial charge is 0.469 e. The Morgan fingerprint density at radius 1 is 0.593 bits per heavy atom. The number of hydrogen-bond donors (Lipinski definition) is 0. The molecule has 0 aromatic rings. The molecule has 12 fully saturated rings. The molecule has 140 valence electrons. The molecule has 12 rings (SSSR count). The van der Waals surface area contributed by atoms with Crippen molar-refractivity contribution < 1.29 is 9.53 Å². The number of alkyl halides is 3. The van der Waals surface area contributed by atoms with Crippen molar-refractivity contribution >= 4 is 40.8 Å². The molecule has 0 aromatic carbocycles. The van der Waals surface area contributed by atoms with Crippen LogP contribution in [0.5, 0.6) is 0 Å². The zero-order chi connectivity index (χ0) is 17.5. The Hall–Kier alpha value is 0.340. The van der Waals surface area contributed by atoms with Gasteiger partial charge in [-0.2, -0.15) is 0 Å². The van der Waals surface area contributed by atoms with Gasteiger partial charge in [-0.15, -0.1) is 34.8 Å². The zero-order valence-corrected chi connectivity index (χ0v) is 17.0. The van der Waals surface area contributed by atoms with E-state index in [2.05, 4.69) is 0 Å². The summed E-state index contributed by atoms with van der Waals surface area (Å²) in [4.78, 5) is 13.1. The van der Waals surface area contributed by atoms with Gasteiger partial charge in [0, 0.05) is 0 Å². The molecule has 27 heavy (non-hydrogen) atoms. The van der Waals surface area contributed by atoms with E-state index in [4.69, 9.17) is 39.5 Å². The maximum absolute atomic E-state index is 13.7. The number of carbonyl (C=O) groups is 1. The third-order valence-corrected chi connectivity index (χ3v) is 16.7. The third-order valence-electron chi connectivity index (χ3n) is 14.1. The van der Waals surface area contributed by atoms with Crippen LogP contribution in [-0.4, -0.2) is 27.7 Å². The molecule has 4 unspecified atom stereocenters. The van der Waals surface area contributed by atoms with Gasteiger partial charge in [-0.1, -0.05) is 0 Å². The average molecular weight is 422 g/mol. The van der Waals surface area contributed by atoms with Crippen molar-refractivity contribution in [2.45, 2.75) is 14.6 Å². The third kappa shape index (κ3) is 0.655. The van der Waals surface area contributed by atoms with E-state index in [0.29, 0.717) is 94.7 Å². The van der Waals surface area contributed by atoms with Gasteiger partial charge in [-0.25, -0.2) is 0 Å². The van der Waals surface area contributed by atoms with Crippen LogP contribution in [0.15, 0.2) is 0 Å². The van der Waals surface area contributed by atoms with Gasteiger partial charge in [-0.3, -0.25) is 4.79 Å². The van der Waals surface area contributed by atoms with Crippen molar-refractivity contribution in [1.29, 1.82) is 0 Å². The molecule has 20 atom stereocenters. The molecule has 12 aliphatic carbocycles. The van der Waals surface area contributed by atoms with Crippen LogP contribution in [0, 0.1) is 100 Å². The van der Waals surface area contributed by atoms with E-state index in [1.165, 1.54) is 0 Å². The van der Waals surface area contributed by atoms with Crippen LogP contribution in [-0.2, 0) is 9.53 Å². The fourth-order valence-electron chi connectivity index (χ4n) is 15.8. The zero-order valence-electron chi connectivity index (χ0n) is 14.7. The van der Waals surface area contributed by atoms with Gasteiger partial charge in [0.15, 0.2) is 0 Å². The normalized spacial score (nSPS) is 93.9. The standard InChI is InChI=1S/C22H19Cl3O2/c1-27-18(26)19-10-2-3-11(19)5-7-15(3)21(24)14(2)6-4(10)12-8-9(13(5)20(12,19)23)17(7)22(21,25)16(6)8/h2-17H,1H3/t2-,3+,4-,5+,6+,7-,8+,9-,10+,11-,12+,13-,14-,15+,16-,17+,19?,20?,21?,22?. The lowest BCUT2D eigenvalue weighted by molar-refractivity contribution is -0.159. The van der Waals surface area contributed by atoms with Gasteiger partial charge >= 0.3 is 5.97 Å². The highest BCUT2D eigenvalue weighted by Crippen LogP contribution is 3.07. The van der Waals surface area contributed by atoms with Crippen LogP contribution in [0.2, 0.25) is 0 Å². The van der Waals surface area contributed by atoms with E-state index in [0.717, 1.165) is 0 Å². The molecule has 0 N–H and O–H groups in total. The summed E-state index contributed by atoms with van der Waals surface area (Å²) in [6, 6.07) is 0. The molecule has 0 heterocycles. The summed E-state index contributed by atoms with van der Waals surface area (Å²) < 4.78 is 5.61. The minimum atomic E-state index is -0.381. The van der Waals surface area contributed by atoms with Crippen molar-refractivity contribution in [1.82, 2.24) is 0 Å². The quantitative estimate of drug-likeness (QED) is 0.480. The SMILES string of the molecule is COC(=O)C12[C@@H]3[C@@H]4[C@H]5[C@@H]6[C@@H]7[C@@H]([C@H]8[C@@H]9[C@H]%10[C@@H]%11[C@H]([C@@H]3[C@H]%10C81Cl)[C@H]4C6(Cl)C%11(Cl)[C@H]79)[C@H]52. The van der Waals surface area contributed by atoms with Crippen LogP contribution >= 0.6 is 34.8 Å². The van der Waals surface area contributed by atoms with E-state index in [9.17, 15) is 4.79 Å². The molecule has 0 radical (unpaired) electrons. The molecule has 0 aliphatic heterocycles. The van der Waals surface area contributed by atoms with Crippen LogP contribution in [0.4, 0.5) is 0 Å². The highest BCUT2D eigenvalue weighted by Gasteiger charge is 3.10. The lowest BCUT2D eigenvalue weighted by atomic mass is 9.66. The Labute approximate surface area is 172 Å². The second-order valence-corrected chi connectivity index (χ2v) is 14.4. The van der Waals surface area contributed by atoms with E-state index < -0.39 is 0 Å². The van der Waals surface area contributed by atoms with Crippen LogP contribution in [0.3, 0.4) is 0 Å². The number of hydrogen-bond acceptors (Lipinski definition) is 2. The fraction of sp³-hybridized carbons (Fsp3) is 0.955. The first-order chi connectivity index (χ1) is 13.0. The lowest BCUT2D eigenvalue weighted by Crippen LogP contribution is -2.55. The number of carbonyl (C=O) groups excluding carboxylic acids is 1. The van der Waals surface area contributed by atoms with E-state index in [1.807, 2.05) is 0 Å². The predicted octanol–water partition coefficient (Wildman–Crippen LogP) is 3.09. The van der Waals surface area contributed by atoms with Gasteiger partial charge in [0.05, 0.1) is 27.1 Å². The summed E-state index contributed by atoms with van der Waals surface area (Å²) >= 11 is 23.5. The summed E-state index contributed by atoms with van der Waals surface area (Å²) in [6.07, 6.45) is 0. The highest BCUT2D eigenvalue weighted by molar-refractivity contribution is 6.38. The molecule has 0 saturated heterocycles. The second-order valence-electron chi connectivity index (χ2n) is 12.5. The van der Waals surface area contributed by atoms with Crippen molar-refractivity contribution in [2.75, 3.05) is 7.11 Å². The number of ether oxygens (including phenoxy) is 1. The first kappa shape index (κ1) is 13.6. The van der Waals surface area contributed by atoms with Crippen molar-refractivity contribution in [3.05, 3.63) is 0 Å². The highest BCUT2D eigenvalue weighted by atomic mass is 35.5. The second kappa shape index (κ2) is 2.90. The molecule has 0 amide bonds. The van der Waals surface area contributed by atoms with Crippen molar-refractivity contribution in [2.24, 2.45) is 100 Å². The predicted molar refractivity (Wildman–Crippen MR) is 96.0 cm³/mol. The van der Waals surface area contributed by atoms with Gasteiger partial charge < -0.3 is 4.74 Å². The molecule has 5 heteroatoms. The monoisotopic (exact) mass is 420 g/mol. The molecule has 12 saturated carbocycles. The summed E-state index contributed by atoms with van der Waals surface area (Å²) in [5.74, 6) is 9.45. The van der Waals surface area contributed by atoms with Crippen molar-refractivity contribution in [3.63, 3.8) is 0 Å². The summed E-state index contributed by atoms with van der Waals surface area (Å²) in [7, 11) is 1.61.